The third-order valence-corrected chi connectivity index (χ3v) is 8.56. The second-order valence-electron chi connectivity index (χ2n) is 12.2. The van der Waals surface area contributed by atoms with Crippen LogP contribution in [0.15, 0.2) is 36.5 Å². The molecule has 0 heterocycles. The third kappa shape index (κ3) is 35.4. The highest BCUT2D eigenvalue weighted by molar-refractivity contribution is 7.47. The molecule has 0 rings (SSSR count). The first kappa shape index (κ1) is 45.2. The van der Waals surface area contributed by atoms with Crippen LogP contribution in [0.1, 0.15) is 155 Å². The number of amides is 1. The maximum absolute atomic E-state index is 12.0. The van der Waals surface area contributed by atoms with Crippen molar-refractivity contribution in [2.24, 2.45) is 0 Å². The maximum Gasteiger partial charge on any atom is 0.472 e. The first-order chi connectivity index (χ1) is 22.8. The molecule has 2 unspecified atom stereocenters. The van der Waals surface area contributed by atoms with Crippen molar-refractivity contribution in [3.63, 3.8) is 0 Å². The van der Waals surface area contributed by atoms with Crippen LogP contribution in [-0.2, 0) is 27.9 Å². The van der Waals surface area contributed by atoms with Crippen LogP contribution in [0.2, 0.25) is 0 Å². The normalized spacial score (nSPS) is 13.9. The van der Waals surface area contributed by atoms with Crippen LogP contribution < -0.4 is 5.32 Å². The SMILES string of the molecule is CCCCC/C=C\C/C=C\C/C=C\CCCCCCCCCCCCC(=O)NCCOP(=O)(O)OCC(O)COC(=O)CCCCC. The molecule has 0 saturated heterocycles. The minimum atomic E-state index is -4.39. The van der Waals surface area contributed by atoms with E-state index in [1.165, 1.54) is 77.0 Å². The molecule has 0 saturated carbocycles. The van der Waals surface area contributed by atoms with Gasteiger partial charge in [-0.05, 0) is 51.4 Å². The number of unbranched alkanes of at least 4 members (excludes halogenated alkanes) is 15. The maximum atomic E-state index is 12.0. The molecule has 9 nitrogen and oxygen atoms in total. The number of allylic oxidation sites excluding steroid dienone is 6. The number of carbonyl (C=O) groups excluding carboxylic acids is 2. The van der Waals surface area contributed by atoms with Crippen molar-refractivity contribution in [2.45, 2.75) is 161 Å². The summed E-state index contributed by atoms with van der Waals surface area (Å²) >= 11 is 0. The predicted molar refractivity (Wildman–Crippen MR) is 192 cm³/mol. The van der Waals surface area contributed by atoms with Crippen molar-refractivity contribution in [2.75, 3.05) is 26.4 Å². The van der Waals surface area contributed by atoms with Gasteiger partial charge in [0.15, 0.2) is 0 Å². The first-order valence-corrected chi connectivity index (χ1v) is 20.0. The van der Waals surface area contributed by atoms with E-state index in [1.807, 2.05) is 6.92 Å². The lowest BCUT2D eigenvalue weighted by molar-refractivity contribution is -0.147. The Hall–Kier alpha value is -1.77. The van der Waals surface area contributed by atoms with Crippen LogP contribution in [0.4, 0.5) is 0 Å². The van der Waals surface area contributed by atoms with Gasteiger partial charge < -0.3 is 20.1 Å². The van der Waals surface area contributed by atoms with Crippen LogP contribution >= 0.6 is 7.82 Å². The molecule has 0 aromatic carbocycles. The molecule has 274 valence electrons. The molecule has 1 amide bonds. The quantitative estimate of drug-likeness (QED) is 0.0264. The number of esters is 1. The van der Waals surface area contributed by atoms with Gasteiger partial charge in [0, 0.05) is 19.4 Å². The minimum Gasteiger partial charge on any atom is -0.463 e. The lowest BCUT2D eigenvalue weighted by Crippen LogP contribution is -2.27. The van der Waals surface area contributed by atoms with Crippen molar-refractivity contribution in [3.8, 4) is 0 Å². The van der Waals surface area contributed by atoms with E-state index in [4.69, 9.17) is 13.8 Å². The van der Waals surface area contributed by atoms with E-state index in [0.29, 0.717) is 12.8 Å². The Morgan fingerprint density at radius 3 is 1.74 bits per heavy atom. The largest absolute Gasteiger partial charge is 0.472 e. The van der Waals surface area contributed by atoms with Crippen LogP contribution in [0.25, 0.3) is 0 Å². The standard InChI is InChI=1S/C37H68NO8P/c1-3-5-7-8-9-10-11-12-13-14-15-16-17-18-19-20-21-22-23-24-25-26-28-29-36(40)38-31-32-45-47(42,43)46-34-35(39)33-44-37(41)30-27-6-4-2/h9-10,12-13,15-16,35,39H,3-8,11,14,17-34H2,1-2H3,(H,38,40)(H,42,43)/b10-9-,13-12-,16-15-. The summed E-state index contributed by atoms with van der Waals surface area (Å²) in [6, 6.07) is 0. The average Bonchev–Trinajstić information content (AvgIpc) is 3.05. The van der Waals surface area contributed by atoms with Gasteiger partial charge in [-0.1, -0.05) is 127 Å². The average molecular weight is 686 g/mol. The molecule has 0 aromatic heterocycles. The summed E-state index contributed by atoms with van der Waals surface area (Å²) in [6.45, 7) is 3.30. The van der Waals surface area contributed by atoms with Gasteiger partial charge in [-0.25, -0.2) is 4.57 Å². The molecule has 47 heavy (non-hydrogen) atoms. The molecule has 0 aromatic rings. The van der Waals surface area contributed by atoms with E-state index in [-0.39, 0.29) is 32.1 Å². The molecule has 0 fully saturated rings. The van der Waals surface area contributed by atoms with Gasteiger partial charge in [-0.15, -0.1) is 0 Å². The summed E-state index contributed by atoms with van der Waals surface area (Å²) in [6.07, 6.45) is 36.0. The first-order valence-electron chi connectivity index (χ1n) is 18.5. The van der Waals surface area contributed by atoms with Crippen molar-refractivity contribution in [1.29, 1.82) is 0 Å². The lowest BCUT2D eigenvalue weighted by atomic mass is 10.0. The molecule has 2 atom stereocenters. The van der Waals surface area contributed by atoms with Gasteiger partial charge >= 0.3 is 13.8 Å². The van der Waals surface area contributed by atoms with Crippen molar-refractivity contribution in [3.05, 3.63) is 36.5 Å². The Morgan fingerprint density at radius 2 is 1.15 bits per heavy atom. The Bertz CT molecular complexity index is 876. The summed E-state index contributed by atoms with van der Waals surface area (Å²) in [5, 5.41) is 12.5. The molecular weight excluding hydrogens is 617 g/mol. The number of nitrogens with one attached hydrogen (secondary N) is 1. The number of aliphatic hydroxyl groups excluding tert-OH is 1. The van der Waals surface area contributed by atoms with Crippen LogP contribution in [0.5, 0.6) is 0 Å². The van der Waals surface area contributed by atoms with Gasteiger partial charge in [-0.2, -0.15) is 0 Å². The predicted octanol–water partition coefficient (Wildman–Crippen LogP) is 9.43. The number of rotatable bonds is 34. The molecule has 0 aliphatic rings. The van der Waals surface area contributed by atoms with E-state index in [0.717, 1.165) is 44.9 Å². The Balaban J connectivity index is 3.53. The fraction of sp³-hybridized carbons (Fsp3) is 0.784. The van der Waals surface area contributed by atoms with E-state index in [2.05, 4.69) is 48.7 Å². The molecule has 10 heteroatoms. The molecule has 0 bridgehead atoms. The zero-order valence-electron chi connectivity index (χ0n) is 29.7. The fourth-order valence-corrected chi connectivity index (χ4v) is 5.49. The number of phosphoric acid groups is 1. The second-order valence-corrected chi connectivity index (χ2v) is 13.7. The van der Waals surface area contributed by atoms with Gasteiger partial charge in [0.2, 0.25) is 5.91 Å². The Morgan fingerprint density at radius 1 is 0.660 bits per heavy atom. The highest BCUT2D eigenvalue weighted by Crippen LogP contribution is 2.42. The van der Waals surface area contributed by atoms with Crippen LogP contribution in [-0.4, -0.2) is 54.3 Å². The van der Waals surface area contributed by atoms with Crippen molar-refractivity contribution >= 4 is 19.7 Å². The van der Waals surface area contributed by atoms with Gasteiger partial charge in [0.25, 0.3) is 0 Å². The zero-order valence-corrected chi connectivity index (χ0v) is 30.6. The van der Waals surface area contributed by atoms with Crippen molar-refractivity contribution < 1.29 is 37.9 Å². The highest BCUT2D eigenvalue weighted by atomic mass is 31.2. The van der Waals surface area contributed by atoms with E-state index in [1.54, 1.807) is 0 Å². The number of hydrogen-bond acceptors (Lipinski definition) is 7. The summed E-state index contributed by atoms with van der Waals surface area (Å²) in [7, 11) is -4.39. The van der Waals surface area contributed by atoms with Gasteiger partial charge in [-0.3, -0.25) is 18.6 Å². The minimum absolute atomic E-state index is 0.0790. The Labute approximate surface area is 286 Å². The number of carbonyl (C=O) groups is 2. The lowest BCUT2D eigenvalue weighted by Gasteiger charge is -2.15. The molecule has 0 aliphatic carbocycles. The summed E-state index contributed by atoms with van der Waals surface area (Å²) in [5.41, 5.74) is 0. The number of hydrogen-bond donors (Lipinski definition) is 3. The number of aliphatic hydroxyl groups is 1. The molecule has 0 spiro atoms. The van der Waals surface area contributed by atoms with Gasteiger partial charge in [0.1, 0.15) is 12.7 Å². The topological polar surface area (TPSA) is 131 Å². The fourth-order valence-electron chi connectivity index (χ4n) is 4.74. The summed E-state index contributed by atoms with van der Waals surface area (Å²) in [4.78, 5) is 33.3. The third-order valence-electron chi connectivity index (χ3n) is 7.57. The van der Waals surface area contributed by atoms with E-state index in [9.17, 15) is 24.2 Å². The van der Waals surface area contributed by atoms with E-state index < -0.39 is 26.5 Å². The molecule has 0 aliphatic heterocycles. The Kier molecular flexibility index (Phi) is 32.8. The van der Waals surface area contributed by atoms with Crippen LogP contribution in [0, 0.1) is 0 Å². The van der Waals surface area contributed by atoms with Crippen molar-refractivity contribution in [1.82, 2.24) is 5.32 Å². The smallest absolute Gasteiger partial charge is 0.463 e. The second kappa shape index (κ2) is 34.1. The highest BCUT2D eigenvalue weighted by Gasteiger charge is 2.23. The number of ether oxygens (including phenoxy) is 1. The summed E-state index contributed by atoms with van der Waals surface area (Å²) in [5.74, 6) is -0.547. The summed E-state index contributed by atoms with van der Waals surface area (Å²) < 4.78 is 26.4. The molecule has 3 N–H and O–H groups in total. The van der Waals surface area contributed by atoms with Gasteiger partial charge in [0.05, 0.1) is 13.2 Å². The number of phosphoric ester groups is 1. The van der Waals surface area contributed by atoms with Crippen LogP contribution in [0.3, 0.4) is 0 Å². The monoisotopic (exact) mass is 685 g/mol. The van der Waals surface area contributed by atoms with E-state index >= 15 is 0 Å². The molecule has 0 radical (unpaired) electrons. The molecular formula is C37H68NO8P. The zero-order chi connectivity index (χ0) is 34.7.